The molecular weight excluding hydrogens is 392 g/mol. The van der Waals surface area contributed by atoms with E-state index in [1.807, 2.05) is 44.3 Å². The van der Waals surface area contributed by atoms with Gasteiger partial charge in [0.2, 0.25) is 0 Å². The van der Waals surface area contributed by atoms with Crippen LogP contribution in [0.4, 0.5) is 0 Å². The lowest BCUT2D eigenvalue weighted by atomic mass is 9.73. The summed E-state index contributed by atoms with van der Waals surface area (Å²) in [6.07, 6.45) is 5.69. The Hall–Kier alpha value is -2.44. The molecule has 2 unspecified atom stereocenters. The van der Waals surface area contributed by atoms with Crippen LogP contribution in [0.1, 0.15) is 38.4 Å². The van der Waals surface area contributed by atoms with Crippen molar-refractivity contribution in [1.29, 1.82) is 0 Å². The molecule has 6 heteroatoms. The normalized spacial score (nSPS) is 26.1. The average molecular weight is 425 g/mol. The molecule has 166 valence electrons. The van der Waals surface area contributed by atoms with E-state index in [0.29, 0.717) is 11.8 Å². The van der Waals surface area contributed by atoms with Crippen molar-refractivity contribution in [2.75, 3.05) is 26.8 Å². The van der Waals surface area contributed by atoms with Gasteiger partial charge >= 0.3 is 5.97 Å². The molecule has 0 amide bonds. The second-order valence-corrected chi connectivity index (χ2v) is 8.80. The number of aromatic nitrogens is 1. The van der Waals surface area contributed by atoms with Crippen molar-refractivity contribution < 1.29 is 19.0 Å². The molecule has 2 aromatic rings. The Bertz CT molecular complexity index is 944. The summed E-state index contributed by atoms with van der Waals surface area (Å²) >= 11 is 0. The Labute approximate surface area is 184 Å². The number of methoxy groups -OCH3 is 1. The van der Waals surface area contributed by atoms with Gasteiger partial charge in [-0.2, -0.15) is 0 Å². The summed E-state index contributed by atoms with van der Waals surface area (Å²) in [6.45, 7) is 9.69. The van der Waals surface area contributed by atoms with Crippen LogP contribution in [0.3, 0.4) is 0 Å². The smallest absolute Gasteiger partial charge is 0.332 e. The van der Waals surface area contributed by atoms with Gasteiger partial charge in [0.05, 0.1) is 24.8 Å². The van der Waals surface area contributed by atoms with Crippen molar-refractivity contribution in [1.82, 2.24) is 9.88 Å². The maximum atomic E-state index is 12.3. The molecule has 0 radical (unpaired) electrons. The van der Waals surface area contributed by atoms with Gasteiger partial charge < -0.3 is 14.2 Å². The van der Waals surface area contributed by atoms with E-state index in [0.717, 1.165) is 41.7 Å². The fourth-order valence-corrected chi connectivity index (χ4v) is 5.08. The minimum Gasteiger partial charge on any atom is -0.497 e. The zero-order valence-electron chi connectivity index (χ0n) is 18.6. The van der Waals surface area contributed by atoms with Crippen molar-refractivity contribution in [3.05, 3.63) is 48.7 Å². The Kier molecular flexibility index (Phi) is 6.58. The number of carbonyl (C=O) groups is 1. The van der Waals surface area contributed by atoms with Crippen LogP contribution in [0, 0.1) is 11.8 Å². The second-order valence-electron chi connectivity index (χ2n) is 8.80. The lowest BCUT2D eigenvalue weighted by Gasteiger charge is -2.51. The van der Waals surface area contributed by atoms with E-state index in [1.54, 1.807) is 7.11 Å². The van der Waals surface area contributed by atoms with E-state index >= 15 is 0 Å². The molecule has 6 nitrogen and oxygen atoms in total. The Morgan fingerprint density at radius 3 is 2.87 bits per heavy atom. The highest BCUT2D eigenvalue weighted by molar-refractivity contribution is 5.84. The van der Waals surface area contributed by atoms with Gasteiger partial charge in [-0.1, -0.05) is 6.08 Å². The van der Waals surface area contributed by atoms with Crippen LogP contribution in [0.2, 0.25) is 0 Å². The summed E-state index contributed by atoms with van der Waals surface area (Å²) < 4.78 is 17.1. The van der Waals surface area contributed by atoms with Crippen LogP contribution in [-0.4, -0.2) is 54.8 Å². The molecule has 0 saturated carbocycles. The third-order valence-electron chi connectivity index (χ3n) is 6.54. The molecule has 3 aliphatic heterocycles. The fourth-order valence-electron chi connectivity index (χ4n) is 5.08. The first-order chi connectivity index (χ1) is 15.0. The lowest BCUT2D eigenvalue weighted by Crippen LogP contribution is -2.55. The summed E-state index contributed by atoms with van der Waals surface area (Å²) in [4.78, 5) is 19.3. The van der Waals surface area contributed by atoms with Gasteiger partial charge in [-0.3, -0.25) is 9.88 Å². The maximum Gasteiger partial charge on any atom is 0.332 e. The predicted octanol–water partition coefficient (Wildman–Crippen LogP) is 4.15. The number of fused-ring (bicyclic) bond motifs is 4. The van der Waals surface area contributed by atoms with Crippen LogP contribution in [-0.2, 0) is 14.3 Å². The number of pyridine rings is 1. The molecule has 4 heterocycles. The molecule has 0 N–H and O–H groups in total. The van der Waals surface area contributed by atoms with Gasteiger partial charge in [0.15, 0.2) is 0 Å². The molecule has 0 aliphatic carbocycles. The van der Waals surface area contributed by atoms with Crippen LogP contribution in [0.5, 0.6) is 5.75 Å². The highest BCUT2D eigenvalue weighted by Gasteiger charge is 2.43. The number of carbonyl (C=O) groups excluding carboxylic acids is 1. The highest BCUT2D eigenvalue weighted by atomic mass is 16.6. The molecule has 31 heavy (non-hydrogen) atoms. The van der Waals surface area contributed by atoms with E-state index in [4.69, 9.17) is 14.2 Å². The molecule has 1 aromatic carbocycles. The van der Waals surface area contributed by atoms with Gasteiger partial charge in [0.25, 0.3) is 0 Å². The first kappa shape index (κ1) is 21.8. The lowest BCUT2D eigenvalue weighted by molar-refractivity contribution is -0.158. The van der Waals surface area contributed by atoms with E-state index in [-0.39, 0.29) is 30.8 Å². The minimum atomic E-state index is -0.337. The summed E-state index contributed by atoms with van der Waals surface area (Å²) in [5.41, 5.74) is 1.92. The first-order valence-electron chi connectivity index (χ1n) is 11.1. The van der Waals surface area contributed by atoms with E-state index in [1.165, 1.54) is 6.42 Å². The van der Waals surface area contributed by atoms with Gasteiger partial charge in [-0.25, -0.2) is 4.79 Å². The molecule has 3 saturated heterocycles. The zero-order chi connectivity index (χ0) is 22.0. The monoisotopic (exact) mass is 424 g/mol. The van der Waals surface area contributed by atoms with Crippen molar-refractivity contribution in [2.24, 2.45) is 11.8 Å². The van der Waals surface area contributed by atoms with Crippen LogP contribution in [0.25, 0.3) is 10.9 Å². The first-order valence-corrected chi connectivity index (χ1v) is 11.1. The maximum absolute atomic E-state index is 12.3. The number of hydrogen-bond donors (Lipinski definition) is 0. The Morgan fingerprint density at radius 2 is 2.19 bits per heavy atom. The molecule has 3 fully saturated rings. The molecule has 1 aromatic heterocycles. The zero-order valence-corrected chi connectivity index (χ0v) is 18.6. The Balaban J connectivity index is 1.69. The number of esters is 1. The van der Waals surface area contributed by atoms with Crippen LogP contribution < -0.4 is 4.74 Å². The number of nitrogens with zero attached hydrogens (tertiary/aromatic N) is 2. The summed E-state index contributed by atoms with van der Waals surface area (Å²) in [5, 5.41) is 0.993. The molecule has 2 bridgehead atoms. The number of hydrogen-bond acceptors (Lipinski definition) is 6. The number of ether oxygens (including phenoxy) is 3. The van der Waals surface area contributed by atoms with Gasteiger partial charge in [0, 0.05) is 24.2 Å². The third kappa shape index (κ3) is 4.60. The molecule has 3 aliphatic rings. The average Bonchev–Trinajstić information content (AvgIpc) is 2.78. The van der Waals surface area contributed by atoms with Gasteiger partial charge in [-0.05, 0) is 74.9 Å². The van der Waals surface area contributed by atoms with E-state index in [2.05, 4.69) is 22.5 Å². The summed E-state index contributed by atoms with van der Waals surface area (Å²) in [7, 11) is 1.66. The minimum absolute atomic E-state index is 0.0729. The standard InChI is InChI=1S/C25H32N2O4/c1-5-17-14-27-11-9-18(17)12-23(27)25(30-15-24(28)31-16(2)3)20-8-10-26-22-7-6-19(29-4)13-21(20)22/h5-8,10,13,16-18,23,25H,1,9,11-12,14-15H2,2-4H3/t17-,18?,23+,25-/m0/s1. The summed E-state index contributed by atoms with van der Waals surface area (Å²) in [5.74, 6) is 1.56. The molecule has 0 spiro atoms. The van der Waals surface area contributed by atoms with Crippen molar-refractivity contribution in [3.8, 4) is 5.75 Å². The number of rotatable bonds is 8. The topological polar surface area (TPSA) is 60.9 Å². The van der Waals surface area contributed by atoms with E-state index < -0.39 is 0 Å². The predicted molar refractivity (Wildman–Crippen MR) is 120 cm³/mol. The van der Waals surface area contributed by atoms with Gasteiger partial charge in [0.1, 0.15) is 12.4 Å². The number of benzene rings is 1. The van der Waals surface area contributed by atoms with E-state index in [9.17, 15) is 4.79 Å². The van der Waals surface area contributed by atoms with Crippen molar-refractivity contribution in [3.63, 3.8) is 0 Å². The van der Waals surface area contributed by atoms with Gasteiger partial charge in [-0.15, -0.1) is 6.58 Å². The number of piperidine rings is 3. The highest BCUT2D eigenvalue weighted by Crippen LogP contribution is 2.43. The van der Waals surface area contributed by atoms with Crippen LogP contribution in [0.15, 0.2) is 43.1 Å². The quantitative estimate of drug-likeness (QED) is 0.469. The fraction of sp³-hybridized carbons (Fsp3) is 0.520. The molecule has 5 atom stereocenters. The van der Waals surface area contributed by atoms with Crippen molar-refractivity contribution >= 4 is 16.9 Å². The molecule has 5 rings (SSSR count). The SMILES string of the molecule is C=C[C@H]1CN2CCC1C[C@@H]2[C@@H](OCC(=O)OC(C)C)c1ccnc2ccc(OC)cc12. The van der Waals surface area contributed by atoms with Crippen LogP contribution >= 0.6 is 0 Å². The second kappa shape index (κ2) is 9.37. The summed E-state index contributed by atoms with van der Waals surface area (Å²) in [6, 6.07) is 8.08. The third-order valence-corrected chi connectivity index (χ3v) is 6.54. The largest absolute Gasteiger partial charge is 0.497 e. The van der Waals surface area contributed by atoms with Crippen molar-refractivity contribution in [2.45, 2.75) is 44.9 Å². The Morgan fingerprint density at radius 1 is 1.35 bits per heavy atom. The molecular formula is C25H32N2O4.